The van der Waals surface area contributed by atoms with Crippen LogP contribution in [0.25, 0.3) is 4.85 Å². The molecule has 0 radical (unpaired) electrons. The summed E-state index contributed by atoms with van der Waals surface area (Å²) < 4.78 is 84.1. The molecule has 0 aromatic carbocycles. The van der Waals surface area contributed by atoms with E-state index in [-0.39, 0.29) is 45.3 Å². The average Bonchev–Trinajstić information content (AvgIpc) is 1.52. The molecule has 4 heterocycles. The molecule has 680 valence electrons. The van der Waals surface area contributed by atoms with Crippen LogP contribution >= 0.6 is 0 Å². The van der Waals surface area contributed by atoms with Gasteiger partial charge in [-0.2, -0.15) is 25.7 Å². The van der Waals surface area contributed by atoms with Crippen LogP contribution in [0.2, 0.25) is 0 Å². The lowest BCUT2D eigenvalue weighted by atomic mass is 9.48. The van der Waals surface area contributed by atoms with Crippen molar-refractivity contribution in [1.82, 2.24) is 39.1 Å². The number of aliphatic hydroxyl groups is 4. The molecule has 16 aliphatic carbocycles. The van der Waals surface area contributed by atoms with Gasteiger partial charge < -0.3 is 20.4 Å². The summed E-state index contributed by atoms with van der Waals surface area (Å²) in [5.74, 6) is 14.9. The summed E-state index contributed by atoms with van der Waals surface area (Å²) in [4.78, 5) is 30.1. The first-order valence-electron chi connectivity index (χ1n) is 48.8. The highest BCUT2D eigenvalue weighted by Crippen LogP contribution is 2.71. The number of ketones is 2. The number of carbonyl (C=O) groups is 2. The smallest absolute Gasteiger partial charge is 0.224 e. The lowest BCUT2D eigenvalue weighted by Gasteiger charge is -2.57. The van der Waals surface area contributed by atoms with Crippen molar-refractivity contribution in [3.05, 3.63) is 96.9 Å². The Morgan fingerprint density at radius 3 is 1.09 bits per heavy atom. The van der Waals surface area contributed by atoms with E-state index in [0.717, 1.165) is 125 Å². The van der Waals surface area contributed by atoms with E-state index in [0.29, 0.717) is 188 Å². The third-order valence-electron chi connectivity index (χ3n) is 39.6. The summed E-state index contributed by atoms with van der Waals surface area (Å²) in [6.07, 6.45) is 51.7. The quantitative estimate of drug-likeness (QED) is 0.0437. The fourth-order valence-corrected chi connectivity index (χ4v) is 34.5. The Bertz CT molecular complexity index is 4570. The summed E-state index contributed by atoms with van der Waals surface area (Å²) in [6, 6.07) is 4.04. The zero-order valence-corrected chi connectivity index (χ0v) is 75.7. The van der Waals surface area contributed by atoms with E-state index >= 15 is 0 Å². The van der Waals surface area contributed by atoms with Crippen molar-refractivity contribution in [1.29, 1.82) is 5.26 Å². The number of hydrogen-bond donors (Lipinski definition) is 4. The standard InChI is InChI=1S/C26H36FN3O.C26H39FN2O3S.C25H34FN3O2.C24H35FN2O2/c1-17(14-30-15-18(12-28)13-29-30)23-5-6-24-22-4-3-19-11-26(31,16-27)10-8-20(19)21(22)7-9-25(23,24)2;1-17(14-29-15-19(13-28-29)33(3,31)32)23-6-7-24-22-5-4-18-12-26(30,16-27)11-9-20(18)21(22)8-10-25(23,24)2;1-24-9-7-19-18-8-10-25(31,15-26)11-16(18)3-4-20(19)21(24)5-6-22(24)23(30)14-29-13-17(27-2)12-28-29;1-23-9-7-18-17-8-10-24(29,15-25)13-16(17)3-4-19(18)20(23)5-6-21(23)22(28)14-27-12-2-11-26-27/h13,15,19-24,31H,1,3-11,14,16H2,2H3;13,15,18,20-24,30H,1,4-12,14,16H2,2-3H3;12-13,16,18-22,31H,3-11,14-15H2,1H3;2,11-12,16-21,29H,3-10,13-15H2,1H3/t19-,20-,21+,22+,23+,24-,25+,26+;18-,20+,21-,22-,23-,24+,25-,26-;16-,18+,19-,20-,21+,22-,24+,25-;16-,17+,18-,19-,20+,21-,23+,24-/m0111/s1. The predicted molar refractivity (Wildman–Crippen MR) is 467 cm³/mol. The van der Waals surface area contributed by atoms with Crippen molar-refractivity contribution in [2.45, 2.75) is 312 Å². The van der Waals surface area contributed by atoms with Crippen LogP contribution in [0.3, 0.4) is 0 Å². The highest BCUT2D eigenvalue weighted by Gasteiger charge is 2.64. The van der Waals surface area contributed by atoms with E-state index in [4.69, 9.17) is 11.8 Å². The van der Waals surface area contributed by atoms with Gasteiger partial charge in [-0.05, 0) is 389 Å². The van der Waals surface area contributed by atoms with Gasteiger partial charge in [0, 0.05) is 49.1 Å². The minimum atomic E-state index is -3.25. The van der Waals surface area contributed by atoms with Gasteiger partial charge in [0.1, 0.15) is 37.7 Å². The molecule has 0 spiro atoms. The van der Waals surface area contributed by atoms with E-state index in [2.05, 4.69) is 72.2 Å². The minimum absolute atomic E-state index is 0.0647. The molecule has 124 heavy (non-hydrogen) atoms. The van der Waals surface area contributed by atoms with Gasteiger partial charge in [0.25, 0.3) is 0 Å². The van der Waals surface area contributed by atoms with Crippen molar-refractivity contribution in [3.8, 4) is 6.07 Å². The topological polar surface area (TPSA) is 249 Å². The Kier molecular flexibility index (Phi) is 25.5. The Balaban J connectivity index is 0.000000117. The van der Waals surface area contributed by atoms with Crippen LogP contribution < -0.4 is 0 Å². The number of sulfone groups is 1. The number of nitriles is 1. The van der Waals surface area contributed by atoms with Crippen LogP contribution in [0.1, 0.15) is 264 Å². The maximum absolute atomic E-state index is 13.4. The van der Waals surface area contributed by atoms with Crippen molar-refractivity contribution < 1.29 is 56.0 Å². The number of nitrogens with zero attached hydrogens (tertiary/aromatic N) is 10. The largest absolute Gasteiger partial charge is 0.387 e. The molecule has 0 bridgehead atoms. The highest BCUT2D eigenvalue weighted by atomic mass is 32.2. The van der Waals surface area contributed by atoms with Crippen molar-refractivity contribution >= 4 is 27.1 Å². The Morgan fingerprint density at radius 1 is 0.435 bits per heavy atom. The first-order valence-corrected chi connectivity index (χ1v) is 50.7. The monoisotopic (exact) mass is 1730 g/mol. The Morgan fingerprint density at radius 2 is 0.766 bits per heavy atom. The maximum Gasteiger partial charge on any atom is 0.224 e. The Hall–Kier alpha value is -5.85. The fourth-order valence-electron chi connectivity index (χ4n) is 33.9. The van der Waals surface area contributed by atoms with Crippen LogP contribution in [0.5, 0.6) is 0 Å². The second-order valence-corrected chi connectivity index (χ2v) is 47.5. The van der Waals surface area contributed by atoms with E-state index in [1.807, 2.05) is 23.1 Å². The number of aromatic nitrogens is 8. The number of hydrogen-bond acceptors (Lipinski definition) is 13. The second-order valence-electron chi connectivity index (χ2n) is 45.5. The Labute approximate surface area is 735 Å². The molecule has 0 saturated heterocycles. The van der Waals surface area contributed by atoms with Gasteiger partial charge in [0.15, 0.2) is 21.4 Å². The lowest BCUT2D eigenvalue weighted by molar-refractivity contribution is -0.134. The molecule has 16 fully saturated rings. The molecule has 0 amide bonds. The molecule has 4 N–H and O–H groups in total. The third kappa shape index (κ3) is 16.9. The van der Waals surface area contributed by atoms with Crippen LogP contribution in [0.4, 0.5) is 23.2 Å². The summed E-state index contributed by atoms with van der Waals surface area (Å²) in [5.41, 5.74) is -0.00589. The summed E-state index contributed by atoms with van der Waals surface area (Å²) in [5, 5.41) is 68.2. The van der Waals surface area contributed by atoms with E-state index in [1.165, 1.54) is 120 Å². The molecule has 16 saturated carbocycles. The van der Waals surface area contributed by atoms with E-state index in [1.54, 1.807) is 38.8 Å². The minimum Gasteiger partial charge on any atom is -0.387 e. The molecule has 23 heteroatoms. The van der Waals surface area contributed by atoms with Gasteiger partial charge in [-0.3, -0.25) is 28.3 Å². The van der Waals surface area contributed by atoms with E-state index < -0.39 is 58.9 Å². The predicted octanol–water partition coefficient (Wildman–Crippen LogP) is 19.5. The first-order chi connectivity index (χ1) is 59.2. The van der Waals surface area contributed by atoms with Crippen LogP contribution in [0.15, 0.2) is 84.8 Å². The molecule has 18 nitrogen and oxygen atoms in total. The molecule has 0 aliphatic heterocycles. The summed E-state index contributed by atoms with van der Waals surface area (Å²) in [7, 11) is -3.25. The highest BCUT2D eigenvalue weighted by molar-refractivity contribution is 7.90. The SMILES string of the molecule is C=C(Cn1cc(C#N)cn1)[C@H]1CC[C@H]2[C@@H]3CC[C@H]4C[C@@](O)(CF)CC[C@@H]4[C@H]3CC[C@]12C.C=C(Cn1cc(S(C)(=O)=O)cn1)[C@H]1CC[C@H]2[C@@H]3CC[C@@H]4C[C@@](O)(CF)CC[C@@H]4[C@H]3CC[C@]12C.C[C@]12CC[C@H]3[C@@H](CC[C@@H]4C[C@@](O)(CF)CC[C@@H]43)[C@@H]1CC[C@@H]2C(=O)Cn1cccn1.[C-]#[N+]c1cnn(CC(=O)[C@H]2CC[C@H]3[C@@H]4CC[C@@H]5C[C@@](O)(CF)CC[C@@H]5[C@H]4CC[C@]23C)c1. The maximum atomic E-state index is 13.4. The third-order valence-corrected chi connectivity index (χ3v) is 40.7. The van der Waals surface area contributed by atoms with Gasteiger partial charge in [-0.25, -0.2) is 30.8 Å². The second kappa shape index (κ2) is 35.1. The number of alkyl halides is 4. The average molecular weight is 1730 g/mol. The number of halogens is 4. The summed E-state index contributed by atoms with van der Waals surface area (Å²) in [6.45, 7) is 25.3. The molecule has 16 aliphatic rings. The van der Waals surface area contributed by atoms with Crippen LogP contribution in [0, 0.1) is 182 Å². The van der Waals surface area contributed by atoms with Crippen molar-refractivity contribution in [2.75, 3.05) is 33.0 Å². The number of Topliss-reactive ketones (excluding diaryl/α,β-unsaturated/α-hetero) is 2. The molecule has 4 aromatic rings. The van der Waals surface area contributed by atoms with Gasteiger partial charge >= 0.3 is 0 Å². The van der Waals surface area contributed by atoms with Gasteiger partial charge in [0.2, 0.25) is 5.69 Å². The number of allylic oxidation sites excluding steroid dienone is 2. The molecule has 0 unspecified atom stereocenters. The normalized spacial score (nSPS) is 44.3. The van der Waals surface area contributed by atoms with Crippen molar-refractivity contribution in [3.63, 3.8) is 0 Å². The molecular weight excluding hydrogens is 1590 g/mol. The van der Waals surface area contributed by atoms with Crippen molar-refractivity contribution in [2.24, 2.45) is 164 Å². The zero-order chi connectivity index (χ0) is 87.4. The number of carbonyl (C=O) groups excluding carboxylic acids is 2. The molecule has 4 aromatic heterocycles. The lowest BCUT2D eigenvalue weighted by Crippen LogP contribution is -2.52. The first kappa shape index (κ1) is 90.1. The fraction of sp³-hybridized carbons (Fsp3) is 0.802. The molecule has 32 atom stereocenters. The van der Waals surface area contributed by atoms with Gasteiger partial charge in [-0.15, -0.1) is 0 Å². The van der Waals surface area contributed by atoms with Crippen LogP contribution in [-0.2, 0) is 45.6 Å². The van der Waals surface area contributed by atoms with Gasteiger partial charge in [0.05, 0.1) is 79.3 Å². The van der Waals surface area contributed by atoms with Crippen LogP contribution in [-0.4, -0.2) is 135 Å². The van der Waals surface area contributed by atoms with E-state index in [9.17, 15) is 56.0 Å². The zero-order valence-electron chi connectivity index (χ0n) is 74.9. The van der Waals surface area contributed by atoms with Gasteiger partial charge in [-0.1, -0.05) is 52.0 Å². The number of fused-ring (bicyclic) bond motifs is 20. The molecule has 20 rings (SSSR count). The molecular formula is C101H144F4N10O8S. The number of rotatable bonds is 17. The summed E-state index contributed by atoms with van der Waals surface area (Å²) >= 11 is 0.